The third-order valence-electron chi connectivity index (χ3n) is 5.40. The van der Waals surface area contributed by atoms with Crippen molar-refractivity contribution in [2.75, 3.05) is 10.6 Å². The van der Waals surface area contributed by atoms with Gasteiger partial charge in [-0.25, -0.2) is 4.39 Å². The lowest BCUT2D eigenvalue weighted by Crippen LogP contribution is -2.28. The number of benzene rings is 2. The lowest BCUT2D eigenvalue weighted by atomic mass is 9.78. The van der Waals surface area contributed by atoms with Gasteiger partial charge in [-0.1, -0.05) is 38.1 Å². The maximum Gasteiger partial charge on any atom is 0.163 e. The van der Waals surface area contributed by atoms with Gasteiger partial charge in [0.25, 0.3) is 0 Å². The van der Waals surface area contributed by atoms with Crippen molar-refractivity contribution < 1.29 is 9.18 Å². The van der Waals surface area contributed by atoms with Gasteiger partial charge in [0, 0.05) is 17.7 Å². The van der Waals surface area contributed by atoms with Crippen LogP contribution in [0.1, 0.15) is 44.7 Å². The number of nitrogens with one attached hydrogen (secondary N) is 2. The summed E-state index contributed by atoms with van der Waals surface area (Å²) < 4.78 is 13.4. The van der Waals surface area contributed by atoms with Gasteiger partial charge in [-0.3, -0.25) is 4.79 Å². The van der Waals surface area contributed by atoms with Crippen molar-refractivity contribution >= 4 is 17.2 Å². The SMILES string of the molecule is CC(C)C[C@H]1CC(=O)C2=C(C1)Nc1ccccc1N[C@H]2c1ccc(F)cc1. The molecule has 0 saturated carbocycles. The maximum absolute atomic E-state index is 13.4. The molecule has 0 saturated heterocycles. The summed E-state index contributed by atoms with van der Waals surface area (Å²) in [6.45, 7) is 4.40. The second-order valence-corrected chi connectivity index (χ2v) is 8.02. The molecule has 2 atom stereocenters. The molecule has 0 aromatic heterocycles. The van der Waals surface area contributed by atoms with Gasteiger partial charge in [-0.15, -0.1) is 0 Å². The highest BCUT2D eigenvalue weighted by atomic mass is 19.1. The molecule has 27 heavy (non-hydrogen) atoms. The average Bonchev–Trinajstić information content (AvgIpc) is 2.78. The van der Waals surface area contributed by atoms with Crippen molar-refractivity contribution in [3.63, 3.8) is 0 Å². The van der Waals surface area contributed by atoms with Gasteiger partial charge in [-0.05, 0) is 54.5 Å². The topological polar surface area (TPSA) is 41.1 Å². The number of carbonyl (C=O) groups is 1. The Bertz CT molecular complexity index is 886. The molecule has 140 valence electrons. The second-order valence-electron chi connectivity index (χ2n) is 8.02. The lowest BCUT2D eigenvalue weighted by molar-refractivity contribution is -0.117. The van der Waals surface area contributed by atoms with Gasteiger partial charge < -0.3 is 10.6 Å². The number of fused-ring (bicyclic) bond motifs is 1. The van der Waals surface area contributed by atoms with Crippen LogP contribution in [-0.2, 0) is 4.79 Å². The number of allylic oxidation sites excluding steroid dienone is 1. The highest BCUT2D eigenvalue weighted by Gasteiger charge is 2.35. The van der Waals surface area contributed by atoms with E-state index in [1.807, 2.05) is 24.3 Å². The Balaban J connectivity index is 1.79. The van der Waals surface area contributed by atoms with Crippen molar-refractivity contribution in [3.05, 3.63) is 71.2 Å². The van der Waals surface area contributed by atoms with Crippen molar-refractivity contribution in [1.82, 2.24) is 0 Å². The summed E-state index contributed by atoms with van der Waals surface area (Å²) in [5.74, 6) is 0.841. The Labute approximate surface area is 159 Å². The molecule has 0 radical (unpaired) electrons. The van der Waals surface area contributed by atoms with Crippen LogP contribution in [0.5, 0.6) is 0 Å². The molecule has 2 N–H and O–H groups in total. The molecule has 1 heterocycles. The van der Waals surface area contributed by atoms with Crippen molar-refractivity contribution in [2.45, 2.75) is 39.2 Å². The van der Waals surface area contributed by atoms with Crippen LogP contribution in [0.4, 0.5) is 15.8 Å². The number of halogens is 1. The predicted molar refractivity (Wildman–Crippen MR) is 107 cm³/mol. The monoisotopic (exact) mass is 364 g/mol. The Morgan fingerprint density at radius 2 is 1.74 bits per heavy atom. The minimum atomic E-state index is -0.274. The highest BCUT2D eigenvalue weighted by Crippen LogP contribution is 2.42. The molecule has 0 amide bonds. The normalized spacial score (nSPS) is 21.9. The first-order chi connectivity index (χ1) is 13.0. The summed E-state index contributed by atoms with van der Waals surface area (Å²) in [4.78, 5) is 13.2. The molecule has 3 nitrogen and oxygen atoms in total. The molecule has 2 aromatic carbocycles. The van der Waals surface area contributed by atoms with E-state index < -0.39 is 0 Å². The van der Waals surface area contributed by atoms with E-state index in [0.717, 1.165) is 41.1 Å². The van der Waals surface area contributed by atoms with Crippen LogP contribution in [0, 0.1) is 17.7 Å². The number of hydrogen-bond acceptors (Lipinski definition) is 3. The first kappa shape index (κ1) is 17.8. The van der Waals surface area contributed by atoms with Gasteiger partial charge >= 0.3 is 0 Å². The van der Waals surface area contributed by atoms with E-state index in [1.165, 1.54) is 12.1 Å². The first-order valence-corrected chi connectivity index (χ1v) is 9.65. The zero-order valence-corrected chi connectivity index (χ0v) is 15.8. The Morgan fingerprint density at radius 3 is 2.44 bits per heavy atom. The third kappa shape index (κ3) is 3.61. The van der Waals surface area contributed by atoms with E-state index in [1.54, 1.807) is 12.1 Å². The number of rotatable bonds is 3. The fourth-order valence-electron chi connectivity index (χ4n) is 4.31. The summed E-state index contributed by atoms with van der Waals surface area (Å²) in [5, 5.41) is 7.05. The highest BCUT2D eigenvalue weighted by molar-refractivity contribution is 6.00. The van der Waals surface area contributed by atoms with Crippen molar-refractivity contribution in [2.24, 2.45) is 11.8 Å². The van der Waals surface area contributed by atoms with Crippen molar-refractivity contribution in [3.8, 4) is 0 Å². The molecule has 1 aliphatic carbocycles. The van der Waals surface area contributed by atoms with Crippen LogP contribution in [0.15, 0.2) is 59.8 Å². The zero-order valence-electron chi connectivity index (χ0n) is 15.8. The van der Waals surface area contributed by atoms with E-state index in [-0.39, 0.29) is 17.6 Å². The Morgan fingerprint density at radius 1 is 1.04 bits per heavy atom. The summed E-state index contributed by atoms with van der Waals surface area (Å²) >= 11 is 0. The standard InChI is InChI=1S/C23H25FN2O/c1-14(2)11-15-12-20-22(21(27)13-15)23(16-7-9-17(24)10-8-16)26-19-6-4-3-5-18(19)25-20/h3-10,14-15,23,25-26H,11-13H2,1-2H3/t15-,23+/m1/s1. The Kier molecular flexibility index (Phi) is 4.73. The predicted octanol–water partition coefficient (Wildman–Crippen LogP) is 5.68. The fraction of sp³-hybridized carbons (Fsp3) is 0.348. The van der Waals surface area contributed by atoms with Crippen LogP contribution in [-0.4, -0.2) is 5.78 Å². The van der Waals surface area contributed by atoms with Crippen LogP contribution in [0.3, 0.4) is 0 Å². The quantitative estimate of drug-likeness (QED) is 0.736. The number of para-hydroxylation sites is 2. The summed E-state index contributed by atoms with van der Waals surface area (Å²) in [7, 11) is 0. The van der Waals surface area contributed by atoms with Crippen LogP contribution >= 0.6 is 0 Å². The van der Waals surface area contributed by atoms with E-state index in [4.69, 9.17) is 0 Å². The minimum Gasteiger partial charge on any atom is -0.372 e. The lowest BCUT2D eigenvalue weighted by Gasteiger charge is -2.30. The molecule has 0 spiro atoms. The molecule has 4 heteroatoms. The number of ketones is 1. The van der Waals surface area contributed by atoms with E-state index in [9.17, 15) is 9.18 Å². The molecule has 4 rings (SSSR count). The third-order valence-corrected chi connectivity index (χ3v) is 5.40. The van der Waals surface area contributed by atoms with Crippen LogP contribution < -0.4 is 10.6 Å². The summed E-state index contributed by atoms with van der Waals surface area (Å²) in [6, 6.07) is 14.2. The molecule has 0 fully saturated rings. The minimum absolute atomic E-state index is 0.184. The first-order valence-electron chi connectivity index (χ1n) is 9.65. The van der Waals surface area contributed by atoms with Gasteiger partial charge in [0.15, 0.2) is 5.78 Å². The zero-order chi connectivity index (χ0) is 19.0. The number of hydrogen-bond donors (Lipinski definition) is 2. The summed E-state index contributed by atoms with van der Waals surface area (Å²) in [5.41, 5.74) is 4.63. The molecule has 2 aliphatic rings. The van der Waals surface area contributed by atoms with E-state index in [0.29, 0.717) is 18.3 Å². The molecule has 1 aliphatic heterocycles. The van der Waals surface area contributed by atoms with Crippen molar-refractivity contribution in [1.29, 1.82) is 0 Å². The maximum atomic E-state index is 13.4. The summed E-state index contributed by atoms with van der Waals surface area (Å²) in [6.07, 6.45) is 2.49. The number of anilines is 2. The largest absolute Gasteiger partial charge is 0.372 e. The number of Topliss-reactive ketones (excluding diaryl/α,β-unsaturated/α-hetero) is 1. The fourth-order valence-corrected chi connectivity index (χ4v) is 4.31. The van der Waals surface area contributed by atoms with Crippen LogP contribution in [0.2, 0.25) is 0 Å². The molecule has 2 aromatic rings. The van der Waals surface area contributed by atoms with Gasteiger partial charge in [0.2, 0.25) is 0 Å². The van der Waals surface area contributed by atoms with E-state index in [2.05, 4.69) is 24.5 Å². The molecule has 0 unspecified atom stereocenters. The smallest absolute Gasteiger partial charge is 0.163 e. The number of carbonyl (C=O) groups excluding carboxylic acids is 1. The van der Waals surface area contributed by atoms with Gasteiger partial charge in [-0.2, -0.15) is 0 Å². The molecule has 0 bridgehead atoms. The van der Waals surface area contributed by atoms with Crippen LogP contribution in [0.25, 0.3) is 0 Å². The molecular weight excluding hydrogens is 339 g/mol. The van der Waals surface area contributed by atoms with E-state index >= 15 is 0 Å². The average molecular weight is 364 g/mol. The molecular formula is C23H25FN2O. The van der Waals surface area contributed by atoms with Gasteiger partial charge in [0.1, 0.15) is 5.82 Å². The second kappa shape index (κ2) is 7.18. The Hall–Kier alpha value is -2.62. The van der Waals surface area contributed by atoms with Gasteiger partial charge in [0.05, 0.1) is 17.4 Å².